The SMILES string of the molecule is CCCCCCCCC(CCCCc1cc(F)c(F)c(F)c1F)C(OC(C)C)(OC(C)C)OC(C)C. The summed E-state index contributed by atoms with van der Waals surface area (Å²) < 4.78 is 73.7. The summed E-state index contributed by atoms with van der Waals surface area (Å²) in [7, 11) is 0. The molecular formula is C29H48F4O3. The Labute approximate surface area is 216 Å². The third-order valence-corrected chi connectivity index (χ3v) is 6.03. The van der Waals surface area contributed by atoms with Gasteiger partial charge in [-0.15, -0.1) is 0 Å². The molecule has 0 amide bonds. The van der Waals surface area contributed by atoms with E-state index in [0.29, 0.717) is 19.3 Å². The fraction of sp³-hybridized carbons (Fsp3) is 0.793. The quantitative estimate of drug-likeness (QED) is 0.0598. The Hall–Kier alpha value is -1.18. The van der Waals surface area contributed by atoms with E-state index in [4.69, 9.17) is 14.2 Å². The Morgan fingerprint density at radius 1 is 0.639 bits per heavy atom. The van der Waals surface area contributed by atoms with Gasteiger partial charge in [0.05, 0.1) is 18.3 Å². The first-order valence-corrected chi connectivity index (χ1v) is 13.8. The molecule has 1 atom stereocenters. The number of aryl methyl sites for hydroxylation is 1. The van der Waals surface area contributed by atoms with Crippen molar-refractivity contribution < 1.29 is 31.8 Å². The molecule has 0 saturated carbocycles. The van der Waals surface area contributed by atoms with Gasteiger partial charge < -0.3 is 14.2 Å². The second-order valence-corrected chi connectivity index (χ2v) is 10.6. The van der Waals surface area contributed by atoms with E-state index in [2.05, 4.69) is 6.92 Å². The number of ether oxygens (including phenoxy) is 3. The smallest absolute Gasteiger partial charge is 0.286 e. The van der Waals surface area contributed by atoms with E-state index >= 15 is 0 Å². The lowest BCUT2D eigenvalue weighted by Crippen LogP contribution is -2.50. The van der Waals surface area contributed by atoms with Crippen molar-refractivity contribution in [3.63, 3.8) is 0 Å². The van der Waals surface area contributed by atoms with Crippen LogP contribution in [0.4, 0.5) is 17.6 Å². The third-order valence-electron chi connectivity index (χ3n) is 6.03. The van der Waals surface area contributed by atoms with Crippen LogP contribution in [0.1, 0.15) is 118 Å². The topological polar surface area (TPSA) is 27.7 Å². The van der Waals surface area contributed by atoms with Gasteiger partial charge in [0.2, 0.25) is 0 Å². The van der Waals surface area contributed by atoms with Gasteiger partial charge in [-0.3, -0.25) is 0 Å². The lowest BCUT2D eigenvalue weighted by Gasteiger charge is -2.43. The maximum Gasteiger partial charge on any atom is 0.286 e. The summed E-state index contributed by atoms with van der Waals surface area (Å²) in [6, 6.07) is 0.747. The van der Waals surface area contributed by atoms with Crippen LogP contribution in [0.5, 0.6) is 0 Å². The minimum Gasteiger partial charge on any atom is -0.324 e. The van der Waals surface area contributed by atoms with Gasteiger partial charge in [-0.05, 0) is 78.9 Å². The second kappa shape index (κ2) is 16.6. The maximum absolute atomic E-state index is 14.1. The highest BCUT2D eigenvalue weighted by atomic mass is 19.2. The Morgan fingerprint density at radius 3 is 1.61 bits per heavy atom. The number of unbranched alkanes of at least 4 members (excludes halogenated alkanes) is 6. The van der Waals surface area contributed by atoms with E-state index in [0.717, 1.165) is 25.3 Å². The van der Waals surface area contributed by atoms with E-state index in [1.165, 1.54) is 25.7 Å². The largest absolute Gasteiger partial charge is 0.324 e. The minimum atomic E-state index is -1.78. The highest BCUT2D eigenvalue weighted by Gasteiger charge is 2.44. The number of benzene rings is 1. The molecule has 36 heavy (non-hydrogen) atoms. The summed E-state index contributed by atoms with van der Waals surface area (Å²) in [6.07, 6.45) is 9.29. The summed E-state index contributed by atoms with van der Waals surface area (Å²) >= 11 is 0. The summed E-state index contributed by atoms with van der Waals surface area (Å²) in [6.45, 7) is 13.9. The number of rotatable bonds is 19. The molecule has 210 valence electrons. The van der Waals surface area contributed by atoms with Crippen molar-refractivity contribution in [2.45, 2.75) is 143 Å². The molecule has 0 saturated heterocycles. The molecule has 0 radical (unpaired) electrons. The predicted molar refractivity (Wildman–Crippen MR) is 137 cm³/mol. The maximum atomic E-state index is 14.1. The van der Waals surface area contributed by atoms with Crippen LogP contribution < -0.4 is 0 Å². The molecule has 0 aliphatic rings. The Kier molecular flexibility index (Phi) is 15.2. The summed E-state index contributed by atoms with van der Waals surface area (Å²) in [5.74, 6) is -7.53. The molecule has 0 heterocycles. The van der Waals surface area contributed by atoms with Crippen LogP contribution in [0.3, 0.4) is 0 Å². The zero-order valence-corrected chi connectivity index (χ0v) is 23.4. The van der Waals surface area contributed by atoms with Crippen LogP contribution in [0.2, 0.25) is 0 Å². The van der Waals surface area contributed by atoms with Crippen LogP contribution in [-0.4, -0.2) is 24.3 Å². The summed E-state index contributed by atoms with van der Waals surface area (Å²) in [5, 5.41) is 0. The van der Waals surface area contributed by atoms with Crippen LogP contribution in [0, 0.1) is 29.2 Å². The van der Waals surface area contributed by atoms with Crippen molar-refractivity contribution in [3.05, 3.63) is 34.9 Å². The molecule has 0 bridgehead atoms. The van der Waals surface area contributed by atoms with Crippen molar-refractivity contribution in [1.82, 2.24) is 0 Å². The van der Waals surface area contributed by atoms with Gasteiger partial charge in [-0.1, -0.05) is 51.9 Å². The number of hydrogen-bond acceptors (Lipinski definition) is 3. The average molecular weight is 521 g/mol. The highest BCUT2D eigenvalue weighted by molar-refractivity contribution is 5.21. The molecule has 0 aromatic heterocycles. The fourth-order valence-corrected chi connectivity index (χ4v) is 4.54. The van der Waals surface area contributed by atoms with Gasteiger partial charge in [-0.2, -0.15) is 0 Å². The first kappa shape index (κ1) is 32.8. The molecule has 1 aromatic rings. The van der Waals surface area contributed by atoms with Gasteiger partial charge in [-0.25, -0.2) is 17.6 Å². The summed E-state index contributed by atoms with van der Waals surface area (Å²) in [5.41, 5.74) is -0.152. The molecule has 0 aliphatic carbocycles. The third kappa shape index (κ3) is 11.1. The predicted octanol–water partition coefficient (Wildman–Crippen LogP) is 9.25. The zero-order chi connectivity index (χ0) is 27.3. The molecule has 0 aliphatic heterocycles. The van der Waals surface area contributed by atoms with Crippen molar-refractivity contribution in [1.29, 1.82) is 0 Å². The fourth-order valence-electron chi connectivity index (χ4n) is 4.54. The van der Waals surface area contributed by atoms with Gasteiger partial charge in [0.1, 0.15) is 0 Å². The van der Waals surface area contributed by atoms with E-state index in [9.17, 15) is 17.6 Å². The van der Waals surface area contributed by atoms with Crippen molar-refractivity contribution in [2.75, 3.05) is 0 Å². The van der Waals surface area contributed by atoms with Gasteiger partial charge >= 0.3 is 0 Å². The Morgan fingerprint density at radius 2 is 1.11 bits per heavy atom. The Bertz CT molecular complexity index is 726. The second-order valence-electron chi connectivity index (χ2n) is 10.6. The molecule has 7 heteroatoms. The standard InChI is InChI=1S/C29H48F4O3/c1-8-9-10-11-12-13-17-24(29(34-20(2)3,35-21(4)5)36-22(6)7)18-15-14-16-23-19-25(30)27(32)28(33)26(23)31/h19-22,24H,8-18H2,1-7H3. The first-order valence-electron chi connectivity index (χ1n) is 13.8. The van der Waals surface area contributed by atoms with Crippen LogP contribution >= 0.6 is 0 Å². The molecule has 1 rings (SSSR count). The molecule has 1 aromatic carbocycles. The monoisotopic (exact) mass is 520 g/mol. The van der Waals surface area contributed by atoms with Gasteiger partial charge in [0, 0.05) is 5.92 Å². The molecule has 3 nitrogen and oxygen atoms in total. The highest BCUT2D eigenvalue weighted by Crippen LogP contribution is 2.37. The molecular weight excluding hydrogens is 472 g/mol. The zero-order valence-electron chi connectivity index (χ0n) is 23.4. The van der Waals surface area contributed by atoms with E-state index in [1.54, 1.807) is 0 Å². The summed E-state index contributed by atoms with van der Waals surface area (Å²) in [4.78, 5) is 0. The number of hydrogen-bond donors (Lipinski definition) is 0. The molecule has 0 fully saturated rings. The van der Waals surface area contributed by atoms with E-state index in [1.807, 2.05) is 41.5 Å². The van der Waals surface area contributed by atoms with Crippen LogP contribution in [0.15, 0.2) is 6.07 Å². The van der Waals surface area contributed by atoms with E-state index < -0.39 is 29.2 Å². The first-order chi connectivity index (χ1) is 16.9. The lowest BCUT2D eigenvalue weighted by molar-refractivity contribution is -0.433. The van der Waals surface area contributed by atoms with Crippen LogP contribution in [-0.2, 0) is 20.6 Å². The van der Waals surface area contributed by atoms with Crippen molar-refractivity contribution in [2.24, 2.45) is 5.92 Å². The number of halogens is 4. The van der Waals surface area contributed by atoms with Crippen LogP contribution in [0.25, 0.3) is 0 Å². The van der Waals surface area contributed by atoms with Gasteiger partial charge in [0.15, 0.2) is 23.3 Å². The normalized spacial score (nSPS) is 13.4. The van der Waals surface area contributed by atoms with Crippen molar-refractivity contribution >= 4 is 0 Å². The molecule has 0 N–H and O–H groups in total. The molecule has 0 spiro atoms. The van der Waals surface area contributed by atoms with E-state index in [-0.39, 0.29) is 36.2 Å². The lowest BCUT2D eigenvalue weighted by atomic mass is 9.91. The Balaban J connectivity index is 3.01. The minimum absolute atomic E-state index is 0.0811. The molecule has 1 unspecified atom stereocenters. The van der Waals surface area contributed by atoms with Gasteiger partial charge in [0.25, 0.3) is 5.97 Å². The van der Waals surface area contributed by atoms with Crippen molar-refractivity contribution in [3.8, 4) is 0 Å². The average Bonchev–Trinajstić information content (AvgIpc) is 2.77.